The van der Waals surface area contributed by atoms with Gasteiger partial charge in [-0.25, -0.2) is 0 Å². The van der Waals surface area contributed by atoms with Crippen molar-refractivity contribution in [3.05, 3.63) is 46.5 Å². The van der Waals surface area contributed by atoms with Gasteiger partial charge in [0, 0.05) is 11.1 Å². The molecule has 0 aromatic carbocycles. The molecule has 0 saturated heterocycles. The average Bonchev–Trinajstić information content (AvgIpc) is 2.05. The first-order valence-corrected chi connectivity index (χ1v) is 4.02. The smallest absolute Gasteiger partial charge is 0.0521 e. The summed E-state index contributed by atoms with van der Waals surface area (Å²) in [6, 6.07) is 0. The second kappa shape index (κ2) is 2.39. The first-order valence-electron chi connectivity index (χ1n) is 3.14. The molecule has 1 nitrogen and oxygen atoms in total. The van der Waals surface area contributed by atoms with Crippen LogP contribution in [0.3, 0.4) is 0 Å². The van der Waals surface area contributed by atoms with Gasteiger partial charge < -0.3 is 5.32 Å². The summed E-state index contributed by atoms with van der Waals surface area (Å²) in [6.45, 7) is 0. The Kier molecular flexibility index (Phi) is 1.40. The fourth-order valence-corrected chi connectivity index (χ4v) is 1.63. The number of rotatable bonds is 0. The van der Waals surface area contributed by atoms with E-state index in [1.54, 1.807) is 11.8 Å². The van der Waals surface area contributed by atoms with Crippen LogP contribution in [0.25, 0.3) is 0 Å². The average molecular weight is 149 g/mol. The number of thioether (sulfide) groups is 1. The molecule has 0 saturated carbocycles. The highest BCUT2D eigenvalue weighted by atomic mass is 32.2. The number of hydrogen-bond acceptors (Lipinski definition) is 2. The van der Waals surface area contributed by atoms with Crippen molar-refractivity contribution in [1.29, 1.82) is 0 Å². The van der Waals surface area contributed by atoms with Crippen LogP contribution < -0.4 is 5.32 Å². The summed E-state index contributed by atoms with van der Waals surface area (Å²) in [5.74, 6) is 0. The van der Waals surface area contributed by atoms with Crippen LogP contribution in [0.15, 0.2) is 46.5 Å². The van der Waals surface area contributed by atoms with Crippen molar-refractivity contribution in [2.24, 2.45) is 0 Å². The van der Waals surface area contributed by atoms with E-state index in [-0.39, 0.29) is 0 Å². The molecule has 0 atom stereocenters. The van der Waals surface area contributed by atoms with Gasteiger partial charge in [-0.1, -0.05) is 17.8 Å². The van der Waals surface area contributed by atoms with Crippen molar-refractivity contribution < 1.29 is 0 Å². The molecule has 0 radical (unpaired) electrons. The van der Waals surface area contributed by atoms with E-state index in [1.807, 2.05) is 18.4 Å². The van der Waals surface area contributed by atoms with Gasteiger partial charge in [-0.15, -0.1) is 0 Å². The van der Waals surface area contributed by atoms with Crippen LogP contribution in [0.5, 0.6) is 0 Å². The Balaban J connectivity index is 2.38. The summed E-state index contributed by atoms with van der Waals surface area (Å²) in [6.07, 6.45) is 10.2. The molecule has 2 rings (SSSR count). The molecule has 1 N–H and O–H groups in total. The summed E-state index contributed by atoms with van der Waals surface area (Å²) >= 11 is 1.75. The fraction of sp³-hybridized carbons (Fsp3) is 0. The Labute approximate surface area is 64.2 Å². The second-order valence-corrected chi connectivity index (χ2v) is 3.01. The van der Waals surface area contributed by atoms with Crippen LogP contribution in [0, 0.1) is 0 Å². The van der Waals surface area contributed by atoms with E-state index in [0.29, 0.717) is 0 Å². The minimum absolute atomic E-state index is 1.20. The summed E-state index contributed by atoms with van der Waals surface area (Å²) in [7, 11) is 0. The molecule has 0 aromatic rings. The molecule has 2 aliphatic rings. The van der Waals surface area contributed by atoms with E-state index < -0.39 is 0 Å². The molecular formula is C8H7NS. The molecule has 0 aromatic heterocycles. The minimum atomic E-state index is 1.20. The van der Waals surface area contributed by atoms with E-state index in [1.165, 1.54) is 10.6 Å². The molecule has 2 heterocycles. The predicted octanol–water partition coefficient (Wildman–Crippen LogP) is 2.13. The number of fused-ring (bicyclic) bond motifs is 1. The Morgan fingerprint density at radius 2 is 2.20 bits per heavy atom. The van der Waals surface area contributed by atoms with E-state index in [9.17, 15) is 0 Å². The van der Waals surface area contributed by atoms with Gasteiger partial charge in [0.2, 0.25) is 0 Å². The Hall–Kier alpha value is -0.890. The van der Waals surface area contributed by atoms with Crippen LogP contribution in [-0.4, -0.2) is 0 Å². The third-order valence-corrected chi connectivity index (χ3v) is 2.29. The van der Waals surface area contributed by atoms with E-state index >= 15 is 0 Å². The number of dihydropyridines is 1. The zero-order valence-corrected chi connectivity index (χ0v) is 6.19. The lowest BCUT2D eigenvalue weighted by molar-refractivity contribution is 1.09. The standard InChI is InChI=1S/C8H7NS/c1-4-8-7(9-5-1)3-2-6-10-8/h1-6,9H. The van der Waals surface area contributed by atoms with Crippen LogP contribution in [0.4, 0.5) is 0 Å². The molecular weight excluding hydrogens is 142 g/mol. The lowest BCUT2D eigenvalue weighted by atomic mass is 10.3. The van der Waals surface area contributed by atoms with Gasteiger partial charge in [-0.2, -0.15) is 0 Å². The van der Waals surface area contributed by atoms with Crippen molar-refractivity contribution in [1.82, 2.24) is 5.32 Å². The highest BCUT2D eigenvalue weighted by molar-refractivity contribution is 8.06. The highest BCUT2D eigenvalue weighted by Gasteiger charge is 2.06. The van der Waals surface area contributed by atoms with Gasteiger partial charge in [0.1, 0.15) is 0 Å². The monoisotopic (exact) mass is 149 g/mol. The Bertz CT molecular complexity index is 230. The van der Waals surface area contributed by atoms with Crippen molar-refractivity contribution in [3.63, 3.8) is 0 Å². The largest absolute Gasteiger partial charge is 0.361 e. The molecule has 0 amide bonds. The molecule has 0 bridgehead atoms. The van der Waals surface area contributed by atoms with Gasteiger partial charge in [0.05, 0.1) is 5.70 Å². The Morgan fingerprint density at radius 1 is 1.20 bits per heavy atom. The maximum Gasteiger partial charge on any atom is 0.0521 e. The number of nitrogens with one attached hydrogen (secondary N) is 1. The molecule has 2 aliphatic heterocycles. The van der Waals surface area contributed by atoms with E-state index in [2.05, 4.69) is 22.9 Å². The molecule has 0 fully saturated rings. The predicted molar refractivity (Wildman–Crippen MR) is 45.2 cm³/mol. The maximum absolute atomic E-state index is 3.16. The molecule has 2 heteroatoms. The lowest BCUT2D eigenvalue weighted by Gasteiger charge is -2.14. The third-order valence-electron chi connectivity index (χ3n) is 1.38. The first-order chi connectivity index (χ1) is 4.97. The molecule has 10 heavy (non-hydrogen) atoms. The van der Waals surface area contributed by atoms with Crippen molar-refractivity contribution in [2.45, 2.75) is 0 Å². The van der Waals surface area contributed by atoms with Crippen molar-refractivity contribution in [2.75, 3.05) is 0 Å². The van der Waals surface area contributed by atoms with Crippen LogP contribution in [0.2, 0.25) is 0 Å². The topological polar surface area (TPSA) is 12.0 Å². The van der Waals surface area contributed by atoms with Gasteiger partial charge in [0.15, 0.2) is 0 Å². The number of hydrogen-bond donors (Lipinski definition) is 1. The summed E-state index contributed by atoms with van der Waals surface area (Å²) in [5, 5.41) is 5.24. The van der Waals surface area contributed by atoms with E-state index in [4.69, 9.17) is 0 Å². The second-order valence-electron chi connectivity index (χ2n) is 2.06. The molecule has 0 spiro atoms. The van der Waals surface area contributed by atoms with Gasteiger partial charge >= 0.3 is 0 Å². The zero-order valence-electron chi connectivity index (χ0n) is 5.37. The Morgan fingerprint density at radius 3 is 3.10 bits per heavy atom. The summed E-state index contributed by atoms with van der Waals surface area (Å²) < 4.78 is 0. The normalized spacial score (nSPS) is 20.8. The third kappa shape index (κ3) is 0.907. The minimum Gasteiger partial charge on any atom is -0.361 e. The van der Waals surface area contributed by atoms with Crippen molar-refractivity contribution in [3.8, 4) is 0 Å². The zero-order chi connectivity index (χ0) is 6.81. The highest BCUT2D eigenvalue weighted by Crippen LogP contribution is 2.28. The quantitative estimate of drug-likeness (QED) is 0.566. The molecule has 0 aliphatic carbocycles. The van der Waals surface area contributed by atoms with Crippen molar-refractivity contribution >= 4 is 11.8 Å². The maximum atomic E-state index is 3.16. The van der Waals surface area contributed by atoms with Crippen LogP contribution in [-0.2, 0) is 0 Å². The molecule has 0 unspecified atom stereocenters. The van der Waals surface area contributed by atoms with E-state index in [0.717, 1.165) is 0 Å². The lowest BCUT2D eigenvalue weighted by Crippen LogP contribution is -2.09. The molecule has 50 valence electrons. The van der Waals surface area contributed by atoms with Crippen LogP contribution >= 0.6 is 11.8 Å². The van der Waals surface area contributed by atoms with Gasteiger partial charge in [-0.05, 0) is 23.6 Å². The number of allylic oxidation sites excluding steroid dienone is 4. The SMILES string of the molecule is C1=CNC2=CC=CSC2=C1. The first kappa shape index (κ1) is 5.86. The summed E-state index contributed by atoms with van der Waals surface area (Å²) in [4.78, 5) is 1.30. The summed E-state index contributed by atoms with van der Waals surface area (Å²) in [5.41, 5.74) is 1.20. The van der Waals surface area contributed by atoms with Gasteiger partial charge in [0.25, 0.3) is 0 Å². The fourth-order valence-electron chi connectivity index (χ4n) is 0.915. The van der Waals surface area contributed by atoms with Crippen LogP contribution in [0.1, 0.15) is 0 Å². The van der Waals surface area contributed by atoms with Gasteiger partial charge in [-0.3, -0.25) is 0 Å².